The van der Waals surface area contributed by atoms with E-state index in [0.717, 1.165) is 31.1 Å². The van der Waals surface area contributed by atoms with Crippen LogP contribution in [0, 0.1) is 12.8 Å². The maximum atomic E-state index is 11.9. The van der Waals surface area contributed by atoms with E-state index >= 15 is 0 Å². The third-order valence-electron chi connectivity index (χ3n) is 4.14. The highest BCUT2D eigenvalue weighted by Crippen LogP contribution is 2.15. The van der Waals surface area contributed by atoms with Gasteiger partial charge < -0.3 is 10.2 Å². The zero-order valence-electron chi connectivity index (χ0n) is 12.7. The quantitative estimate of drug-likeness (QED) is 0.895. The molecule has 3 nitrogen and oxygen atoms in total. The molecule has 3 heteroatoms. The second-order valence-electron chi connectivity index (χ2n) is 6.04. The highest BCUT2D eigenvalue weighted by atomic mass is 16.1. The fraction of sp³-hybridized carbons (Fsp3) is 0.588. The summed E-state index contributed by atoms with van der Waals surface area (Å²) in [5.74, 6) is 1.01. The summed E-state index contributed by atoms with van der Waals surface area (Å²) in [5, 5.41) is 3.00. The van der Waals surface area contributed by atoms with Crippen LogP contribution in [0.2, 0.25) is 0 Å². The van der Waals surface area contributed by atoms with Crippen LogP contribution >= 0.6 is 0 Å². The molecule has 0 atom stereocenters. The first-order valence-corrected chi connectivity index (χ1v) is 7.68. The van der Waals surface area contributed by atoms with Gasteiger partial charge in [0, 0.05) is 19.5 Å². The van der Waals surface area contributed by atoms with Crippen molar-refractivity contribution in [1.29, 1.82) is 0 Å². The van der Waals surface area contributed by atoms with E-state index in [-0.39, 0.29) is 5.91 Å². The highest BCUT2D eigenvalue weighted by molar-refractivity contribution is 5.76. The van der Waals surface area contributed by atoms with Crippen molar-refractivity contribution in [1.82, 2.24) is 10.2 Å². The van der Waals surface area contributed by atoms with E-state index in [2.05, 4.69) is 48.3 Å². The van der Waals surface area contributed by atoms with Gasteiger partial charge >= 0.3 is 0 Å². The monoisotopic (exact) mass is 274 g/mol. The maximum absolute atomic E-state index is 11.9. The highest BCUT2D eigenvalue weighted by Gasteiger charge is 2.15. The average molecular weight is 274 g/mol. The Morgan fingerprint density at radius 3 is 2.55 bits per heavy atom. The van der Waals surface area contributed by atoms with Gasteiger partial charge in [0.2, 0.25) is 5.91 Å². The molecule has 20 heavy (non-hydrogen) atoms. The normalized spacial score (nSPS) is 17.1. The van der Waals surface area contributed by atoms with E-state index in [0.29, 0.717) is 13.0 Å². The van der Waals surface area contributed by atoms with E-state index in [1.165, 1.54) is 18.4 Å². The summed E-state index contributed by atoms with van der Waals surface area (Å²) in [6.45, 7) is 8.20. The molecule has 2 rings (SSSR count). The predicted molar refractivity (Wildman–Crippen MR) is 82.5 cm³/mol. The molecular formula is C17H26N2O. The lowest BCUT2D eigenvalue weighted by Crippen LogP contribution is -2.36. The van der Waals surface area contributed by atoms with Crippen LogP contribution in [0.25, 0.3) is 0 Å². The van der Waals surface area contributed by atoms with E-state index in [1.54, 1.807) is 0 Å². The number of piperidine rings is 1. The molecule has 0 saturated carbocycles. The number of rotatable bonds is 5. The molecule has 1 saturated heterocycles. The Morgan fingerprint density at radius 2 is 1.90 bits per heavy atom. The van der Waals surface area contributed by atoms with Crippen molar-refractivity contribution in [2.75, 3.05) is 19.6 Å². The van der Waals surface area contributed by atoms with Gasteiger partial charge in [0.15, 0.2) is 0 Å². The molecule has 1 aliphatic rings. The summed E-state index contributed by atoms with van der Waals surface area (Å²) in [5.41, 5.74) is 2.41. The van der Waals surface area contributed by atoms with Gasteiger partial charge in [0.25, 0.3) is 0 Å². The smallest absolute Gasteiger partial charge is 0.221 e. The third-order valence-corrected chi connectivity index (χ3v) is 4.14. The Kier molecular flexibility index (Phi) is 5.60. The number of nitrogens with one attached hydrogen (secondary N) is 1. The van der Waals surface area contributed by atoms with Crippen molar-refractivity contribution in [3.8, 4) is 0 Å². The molecule has 1 aliphatic heterocycles. The Morgan fingerprint density at radius 1 is 1.25 bits per heavy atom. The molecule has 1 N–H and O–H groups in total. The number of carbonyl (C=O) groups is 1. The average Bonchev–Trinajstić information content (AvgIpc) is 2.46. The van der Waals surface area contributed by atoms with Gasteiger partial charge in [0.1, 0.15) is 0 Å². The van der Waals surface area contributed by atoms with E-state index < -0.39 is 0 Å². The van der Waals surface area contributed by atoms with Crippen molar-refractivity contribution in [3.05, 3.63) is 35.4 Å². The van der Waals surface area contributed by atoms with Crippen molar-refractivity contribution in [2.45, 2.75) is 39.7 Å². The van der Waals surface area contributed by atoms with Gasteiger partial charge in [-0.05, 0) is 44.3 Å². The van der Waals surface area contributed by atoms with E-state index in [4.69, 9.17) is 0 Å². The Bertz CT molecular complexity index is 419. The molecule has 110 valence electrons. The molecule has 0 bridgehead atoms. The molecule has 0 unspecified atom stereocenters. The number of carbonyl (C=O) groups excluding carboxylic acids is 1. The fourth-order valence-corrected chi connectivity index (χ4v) is 2.54. The molecule has 1 heterocycles. The molecule has 0 aliphatic carbocycles. The summed E-state index contributed by atoms with van der Waals surface area (Å²) in [6, 6.07) is 8.30. The lowest BCUT2D eigenvalue weighted by molar-refractivity contribution is -0.121. The SMILES string of the molecule is Cc1ccc(CNC(=O)CCN2CCC(C)CC2)cc1. The van der Waals surface area contributed by atoms with Crippen molar-refractivity contribution in [2.24, 2.45) is 5.92 Å². The molecule has 0 aromatic heterocycles. The zero-order valence-corrected chi connectivity index (χ0v) is 12.7. The Hall–Kier alpha value is -1.35. The first kappa shape index (κ1) is 15.0. The zero-order chi connectivity index (χ0) is 14.4. The van der Waals surface area contributed by atoms with Crippen LogP contribution in [0.1, 0.15) is 37.3 Å². The lowest BCUT2D eigenvalue weighted by atomic mass is 9.99. The molecule has 0 radical (unpaired) electrons. The van der Waals surface area contributed by atoms with Crippen molar-refractivity contribution >= 4 is 5.91 Å². The summed E-state index contributed by atoms with van der Waals surface area (Å²) in [7, 11) is 0. The summed E-state index contributed by atoms with van der Waals surface area (Å²) < 4.78 is 0. The van der Waals surface area contributed by atoms with Gasteiger partial charge in [-0.25, -0.2) is 0 Å². The van der Waals surface area contributed by atoms with Crippen LogP contribution in [-0.4, -0.2) is 30.4 Å². The largest absolute Gasteiger partial charge is 0.352 e. The lowest BCUT2D eigenvalue weighted by Gasteiger charge is -2.29. The van der Waals surface area contributed by atoms with Gasteiger partial charge in [-0.2, -0.15) is 0 Å². The number of amides is 1. The summed E-state index contributed by atoms with van der Waals surface area (Å²) in [4.78, 5) is 14.3. The van der Waals surface area contributed by atoms with Crippen LogP contribution in [-0.2, 0) is 11.3 Å². The topological polar surface area (TPSA) is 32.3 Å². The van der Waals surface area contributed by atoms with Gasteiger partial charge in [-0.3, -0.25) is 4.79 Å². The summed E-state index contributed by atoms with van der Waals surface area (Å²) >= 11 is 0. The molecule has 1 aromatic carbocycles. The maximum Gasteiger partial charge on any atom is 0.221 e. The van der Waals surface area contributed by atoms with Crippen molar-refractivity contribution in [3.63, 3.8) is 0 Å². The fourth-order valence-electron chi connectivity index (χ4n) is 2.54. The van der Waals surface area contributed by atoms with Crippen LogP contribution in [0.15, 0.2) is 24.3 Å². The number of hydrogen-bond acceptors (Lipinski definition) is 2. The number of benzene rings is 1. The van der Waals surface area contributed by atoms with Gasteiger partial charge in [-0.15, -0.1) is 0 Å². The van der Waals surface area contributed by atoms with Crippen LogP contribution in [0.4, 0.5) is 0 Å². The molecule has 0 spiro atoms. The molecular weight excluding hydrogens is 248 g/mol. The minimum atomic E-state index is 0.157. The van der Waals surface area contributed by atoms with Gasteiger partial charge in [0.05, 0.1) is 0 Å². The van der Waals surface area contributed by atoms with Crippen LogP contribution < -0.4 is 5.32 Å². The second-order valence-corrected chi connectivity index (χ2v) is 6.04. The standard InChI is InChI=1S/C17H26N2O/c1-14-3-5-16(6-4-14)13-18-17(20)9-12-19-10-7-15(2)8-11-19/h3-6,15H,7-13H2,1-2H3,(H,18,20). The minimum Gasteiger partial charge on any atom is -0.352 e. The number of aryl methyl sites for hydroxylation is 1. The molecule has 1 amide bonds. The third kappa shape index (κ3) is 4.97. The number of likely N-dealkylation sites (tertiary alicyclic amines) is 1. The van der Waals surface area contributed by atoms with Gasteiger partial charge in [-0.1, -0.05) is 36.8 Å². The van der Waals surface area contributed by atoms with Crippen LogP contribution in [0.5, 0.6) is 0 Å². The number of nitrogens with zero attached hydrogens (tertiary/aromatic N) is 1. The van der Waals surface area contributed by atoms with E-state index in [9.17, 15) is 4.79 Å². The van der Waals surface area contributed by atoms with E-state index in [1.807, 2.05) is 0 Å². The first-order chi connectivity index (χ1) is 9.63. The summed E-state index contributed by atoms with van der Waals surface area (Å²) in [6.07, 6.45) is 3.15. The first-order valence-electron chi connectivity index (χ1n) is 7.68. The second kappa shape index (κ2) is 7.44. The molecule has 1 fully saturated rings. The minimum absolute atomic E-state index is 0.157. The number of hydrogen-bond donors (Lipinski definition) is 1. The molecule has 1 aromatic rings. The Balaban J connectivity index is 1.64. The Labute approximate surface area is 122 Å². The van der Waals surface area contributed by atoms with Crippen molar-refractivity contribution < 1.29 is 4.79 Å². The van der Waals surface area contributed by atoms with Crippen LogP contribution in [0.3, 0.4) is 0 Å². The predicted octanol–water partition coefficient (Wildman–Crippen LogP) is 2.73.